The highest BCUT2D eigenvalue weighted by Crippen LogP contribution is 2.28. The van der Waals surface area contributed by atoms with Crippen LogP contribution in [0.4, 0.5) is 14.5 Å². The molecule has 1 amide bonds. The van der Waals surface area contributed by atoms with Crippen LogP contribution in [0.5, 0.6) is 5.75 Å². The summed E-state index contributed by atoms with van der Waals surface area (Å²) < 4.78 is 30.6. The third-order valence-electron chi connectivity index (χ3n) is 4.10. The molecular formula is C16H23ClF2N4O2. The molecule has 1 aliphatic rings. The highest BCUT2D eigenvalue weighted by molar-refractivity contribution is 6.33. The predicted octanol–water partition coefficient (Wildman–Crippen LogP) is 1.54. The van der Waals surface area contributed by atoms with Crippen LogP contribution in [-0.4, -0.2) is 75.1 Å². The molecule has 0 saturated carbocycles. The Morgan fingerprint density at radius 3 is 2.80 bits per heavy atom. The summed E-state index contributed by atoms with van der Waals surface area (Å²) in [5.74, 6) is -0.0677. The topological polar surface area (TPSA) is 70.8 Å². The van der Waals surface area contributed by atoms with E-state index in [2.05, 4.69) is 5.32 Å². The van der Waals surface area contributed by atoms with E-state index >= 15 is 0 Å². The number of carbonyl (C=O) groups excluding carboxylic acids is 1. The fraction of sp³-hybridized carbons (Fsp3) is 0.562. The molecule has 1 aliphatic heterocycles. The van der Waals surface area contributed by atoms with Crippen molar-refractivity contribution in [2.45, 2.75) is 12.5 Å². The molecule has 1 heterocycles. The van der Waals surface area contributed by atoms with Crippen molar-refractivity contribution in [3.63, 3.8) is 0 Å². The first-order valence-electron chi connectivity index (χ1n) is 7.93. The maximum atomic E-state index is 12.7. The van der Waals surface area contributed by atoms with Crippen LogP contribution in [0.1, 0.15) is 10.4 Å². The number of rotatable bonds is 5. The molecule has 1 atom stereocenters. The Morgan fingerprint density at radius 1 is 1.44 bits per heavy atom. The molecule has 1 aromatic carbocycles. The lowest BCUT2D eigenvalue weighted by Crippen LogP contribution is -2.47. The maximum absolute atomic E-state index is 12.7. The number of methoxy groups -OCH3 is 1. The number of nitrogens with one attached hydrogen (secondary N) is 1. The van der Waals surface area contributed by atoms with Gasteiger partial charge in [-0.2, -0.15) is 0 Å². The molecule has 0 spiro atoms. The molecule has 25 heavy (non-hydrogen) atoms. The van der Waals surface area contributed by atoms with Gasteiger partial charge in [0.1, 0.15) is 5.75 Å². The summed E-state index contributed by atoms with van der Waals surface area (Å²) in [5.41, 5.74) is 6.30. The number of carbonyl (C=O) groups is 1. The lowest BCUT2D eigenvalue weighted by molar-refractivity contribution is 0.0833. The molecule has 0 aromatic heterocycles. The second kappa shape index (κ2) is 8.64. The number of nitrogen functional groups attached to an aromatic ring is 1. The summed E-state index contributed by atoms with van der Waals surface area (Å²) in [6.07, 6.45) is -2.41. The minimum Gasteiger partial charge on any atom is -0.496 e. The Bertz CT molecular complexity index is 618. The smallest absolute Gasteiger partial charge is 0.255 e. The minimum absolute atomic E-state index is 0.253. The quantitative estimate of drug-likeness (QED) is 0.763. The lowest BCUT2D eigenvalue weighted by atomic mass is 10.1. The van der Waals surface area contributed by atoms with Crippen molar-refractivity contribution in [1.29, 1.82) is 0 Å². The van der Waals surface area contributed by atoms with Gasteiger partial charge in [-0.3, -0.25) is 9.69 Å². The van der Waals surface area contributed by atoms with Crippen LogP contribution in [0.25, 0.3) is 0 Å². The largest absolute Gasteiger partial charge is 0.496 e. The Balaban J connectivity index is 2.13. The van der Waals surface area contributed by atoms with Crippen molar-refractivity contribution in [3.8, 4) is 5.75 Å². The summed E-state index contributed by atoms with van der Waals surface area (Å²) in [4.78, 5) is 16.3. The summed E-state index contributed by atoms with van der Waals surface area (Å²) in [7, 11) is 3.33. The highest BCUT2D eigenvalue weighted by atomic mass is 35.5. The van der Waals surface area contributed by atoms with Crippen molar-refractivity contribution in [3.05, 3.63) is 22.7 Å². The molecule has 140 valence electrons. The van der Waals surface area contributed by atoms with Gasteiger partial charge in [-0.15, -0.1) is 0 Å². The molecule has 1 unspecified atom stereocenters. The number of anilines is 1. The molecule has 3 N–H and O–H groups in total. The van der Waals surface area contributed by atoms with Crippen molar-refractivity contribution in [2.75, 3.05) is 52.6 Å². The van der Waals surface area contributed by atoms with Crippen molar-refractivity contribution in [1.82, 2.24) is 15.1 Å². The first kappa shape index (κ1) is 19.7. The van der Waals surface area contributed by atoms with E-state index in [-0.39, 0.29) is 29.1 Å². The van der Waals surface area contributed by atoms with E-state index in [1.807, 2.05) is 11.9 Å². The first-order valence-corrected chi connectivity index (χ1v) is 8.31. The standard InChI is InChI=1S/C16H23ClF2N4O2/c1-22-3-4-23(9-15(18)19)8-10(7-22)21-16(24)11-5-12(17)13(20)6-14(11)25-2/h5-6,10,15H,3-4,7-9,20H2,1-2H3,(H,21,24). The zero-order valence-electron chi connectivity index (χ0n) is 14.3. The van der Waals surface area contributed by atoms with Gasteiger partial charge in [0.2, 0.25) is 0 Å². The molecule has 1 aromatic rings. The number of ether oxygens (including phenoxy) is 1. The van der Waals surface area contributed by atoms with Crippen LogP contribution in [-0.2, 0) is 0 Å². The van der Waals surface area contributed by atoms with Crippen molar-refractivity contribution in [2.24, 2.45) is 0 Å². The van der Waals surface area contributed by atoms with Gasteiger partial charge in [-0.25, -0.2) is 8.78 Å². The zero-order valence-corrected chi connectivity index (χ0v) is 15.0. The van der Waals surface area contributed by atoms with Gasteiger partial charge >= 0.3 is 0 Å². The van der Waals surface area contributed by atoms with E-state index in [0.717, 1.165) is 0 Å². The zero-order chi connectivity index (χ0) is 18.6. The number of nitrogens with zero attached hydrogens (tertiary/aromatic N) is 2. The molecule has 0 bridgehead atoms. The van der Waals surface area contributed by atoms with Gasteiger partial charge in [0.15, 0.2) is 0 Å². The Morgan fingerprint density at radius 2 is 2.16 bits per heavy atom. The fourth-order valence-electron chi connectivity index (χ4n) is 2.87. The van der Waals surface area contributed by atoms with E-state index in [0.29, 0.717) is 37.6 Å². The van der Waals surface area contributed by atoms with E-state index in [4.69, 9.17) is 22.1 Å². The van der Waals surface area contributed by atoms with Gasteiger partial charge < -0.3 is 20.7 Å². The molecular weight excluding hydrogens is 354 g/mol. The summed E-state index contributed by atoms with van der Waals surface area (Å²) in [5, 5.41) is 3.14. The van der Waals surface area contributed by atoms with Gasteiger partial charge in [0, 0.05) is 32.2 Å². The molecule has 1 fully saturated rings. The second-order valence-electron chi connectivity index (χ2n) is 6.16. The van der Waals surface area contributed by atoms with Crippen LogP contribution in [0, 0.1) is 0 Å². The van der Waals surface area contributed by atoms with Gasteiger partial charge in [-0.05, 0) is 13.1 Å². The Kier molecular flexibility index (Phi) is 6.80. The third-order valence-corrected chi connectivity index (χ3v) is 4.43. The summed E-state index contributed by atoms with van der Waals surface area (Å²) >= 11 is 6.00. The number of benzene rings is 1. The SMILES string of the molecule is COc1cc(N)c(Cl)cc1C(=O)NC1CN(C)CCN(CC(F)F)C1. The number of likely N-dealkylation sites (N-methyl/N-ethyl adjacent to an activating group) is 1. The molecule has 1 saturated heterocycles. The predicted molar refractivity (Wildman–Crippen MR) is 93.6 cm³/mol. The molecule has 0 radical (unpaired) electrons. The summed E-state index contributed by atoms with van der Waals surface area (Å²) in [6.45, 7) is 1.81. The number of hydrogen-bond donors (Lipinski definition) is 2. The maximum Gasteiger partial charge on any atom is 0.255 e. The summed E-state index contributed by atoms with van der Waals surface area (Å²) in [6, 6.07) is 2.64. The number of nitrogens with two attached hydrogens (primary N) is 1. The number of amides is 1. The Hall–Kier alpha value is -1.64. The van der Waals surface area contributed by atoms with Crippen LogP contribution in [0.2, 0.25) is 5.02 Å². The number of hydrogen-bond acceptors (Lipinski definition) is 5. The average molecular weight is 377 g/mol. The van der Waals surface area contributed by atoms with Crippen molar-refractivity contribution >= 4 is 23.2 Å². The van der Waals surface area contributed by atoms with Crippen molar-refractivity contribution < 1.29 is 18.3 Å². The molecule has 6 nitrogen and oxygen atoms in total. The van der Waals surface area contributed by atoms with E-state index in [1.54, 1.807) is 4.90 Å². The van der Waals surface area contributed by atoms with E-state index < -0.39 is 6.43 Å². The molecule has 2 rings (SSSR count). The number of alkyl halides is 2. The van der Waals surface area contributed by atoms with E-state index in [1.165, 1.54) is 19.2 Å². The molecule has 0 aliphatic carbocycles. The first-order chi connectivity index (χ1) is 11.8. The molecule has 9 heteroatoms. The second-order valence-corrected chi connectivity index (χ2v) is 6.56. The van der Waals surface area contributed by atoms with Gasteiger partial charge in [0.05, 0.1) is 36.0 Å². The van der Waals surface area contributed by atoms with E-state index in [9.17, 15) is 13.6 Å². The lowest BCUT2D eigenvalue weighted by Gasteiger charge is -2.24. The average Bonchev–Trinajstić information content (AvgIpc) is 2.70. The third kappa shape index (κ3) is 5.42. The highest BCUT2D eigenvalue weighted by Gasteiger charge is 2.25. The fourth-order valence-corrected chi connectivity index (χ4v) is 3.03. The normalized spacial score (nSPS) is 19.7. The van der Waals surface area contributed by atoms with Gasteiger partial charge in [-0.1, -0.05) is 11.6 Å². The minimum atomic E-state index is -2.41. The van der Waals surface area contributed by atoms with Crippen LogP contribution < -0.4 is 15.8 Å². The van der Waals surface area contributed by atoms with Crippen LogP contribution in [0.3, 0.4) is 0 Å². The van der Waals surface area contributed by atoms with Gasteiger partial charge in [0.25, 0.3) is 12.3 Å². The Labute approximate surface area is 150 Å². The number of halogens is 3. The monoisotopic (exact) mass is 376 g/mol. The van der Waals surface area contributed by atoms with Crippen LogP contribution >= 0.6 is 11.6 Å². The van der Waals surface area contributed by atoms with Crippen LogP contribution in [0.15, 0.2) is 12.1 Å².